The average molecular weight is 356 g/mol. The van der Waals surface area contributed by atoms with Crippen LogP contribution in [0, 0.1) is 27.2 Å². The number of nitro groups is 2. The van der Waals surface area contributed by atoms with Crippen LogP contribution < -0.4 is 0 Å². The van der Waals surface area contributed by atoms with Gasteiger partial charge in [-0.25, -0.2) is 0 Å². The molecule has 7 nitrogen and oxygen atoms in total. The van der Waals surface area contributed by atoms with E-state index in [1.165, 1.54) is 6.92 Å². The molecule has 0 aliphatic carbocycles. The van der Waals surface area contributed by atoms with Crippen molar-refractivity contribution in [2.24, 2.45) is 0 Å². The number of hydrogen-bond donors (Lipinski definition) is 1. The van der Waals surface area contributed by atoms with Crippen molar-refractivity contribution in [2.45, 2.75) is 6.92 Å². The Kier molecular flexibility index (Phi) is 3.48. The predicted molar refractivity (Wildman–Crippen MR) is 61.6 cm³/mol. The smallest absolute Gasteiger partial charge is 0.388 e. The molecule has 1 aromatic carbocycles. The number of nitro benzene ring substituents is 2. The molecular formula is C7H4Br2N2O5. The highest BCUT2D eigenvalue weighted by Gasteiger charge is 2.35. The van der Waals surface area contributed by atoms with Gasteiger partial charge >= 0.3 is 11.4 Å². The molecule has 0 saturated carbocycles. The second-order valence-electron chi connectivity index (χ2n) is 2.81. The molecule has 0 bridgehead atoms. The average Bonchev–Trinajstić information content (AvgIpc) is 2.18. The molecule has 0 spiro atoms. The fraction of sp³-hybridized carbons (Fsp3) is 0.143. The lowest BCUT2D eigenvalue weighted by atomic mass is 10.1. The second-order valence-corrected chi connectivity index (χ2v) is 4.40. The number of nitrogens with zero attached hydrogens (tertiary/aromatic N) is 2. The second kappa shape index (κ2) is 4.34. The van der Waals surface area contributed by atoms with Gasteiger partial charge in [0.05, 0.1) is 14.3 Å². The minimum atomic E-state index is -0.988. The highest BCUT2D eigenvalue weighted by atomic mass is 79.9. The quantitative estimate of drug-likeness (QED) is 0.648. The van der Waals surface area contributed by atoms with Crippen LogP contribution in [0.3, 0.4) is 0 Å². The van der Waals surface area contributed by atoms with Gasteiger partial charge < -0.3 is 5.11 Å². The number of rotatable bonds is 2. The first kappa shape index (κ1) is 12.8. The first-order valence-electron chi connectivity index (χ1n) is 3.78. The largest absolute Gasteiger partial charge is 0.501 e. The van der Waals surface area contributed by atoms with Crippen molar-refractivity contribution in [3.8, 4) is 5.75 Å². The molecule has 0 aliphatic rings. The van der Waals surface area contributed by atoms with Crippen molar-refractivity contribution >= 4 is 43.2 Å². The van der Waals surface area contributed by atoms with Crippen molar-refractivity contribution in [1.82, 2.24) is 0 Å². The third-order valence-corrected chi connectivity index (χ3v) is 4.19. The zero-order valence-corrected chi connectivity index (χ0v) is 10.9. The highest BCUT2D eigenvalue weighted by Crippen LogP contribution is 2.48. The summed E-state index contributed by atoms with van der Waals surface area (Å²) in [6.07, 6.45) is 0. The Hall–Kier alpha value is -1.22. The van der Waals surface area contributed by atoms with E-state index in [2.05, 4.69) is 31.9 Å². The molecule has 0 aliphatic heterocycles. The van der Waals surface area contributed by atoms with E-state index < -0.39 is 27.0 Å². The lowest BCUT2D eigenvalue weighted by molar-refractivity contribution is -0.423. The van der Waals surface area contributed by atoms with Crippen LogP contribution in [0.2, 0.25) is 0 Å². The normalized spacial score (nSPS) is 10.2. The monoisotopic (exact) mass is 354 g/mol. The highest BCUT2D eigenvalue weighted by molar-refractivity contribution is 9.13. The fourth-order valence-corrected chi connectivity index (χ4v) is 2.02. The molecule has 16 heavy (non-hydrogen) atoms. The molecule has 0 saturated heterocycles. The zero-order valence-electron chi connectivity index (χ0n) is 7.73. The third kappa shape index (κ3) is 1.87. The van der Waals surface area contributed by atoms with E-state index in [1.807, 2.05) is 0 Å². The molecule has 0 heterocycles. The van der Waals surface area contributed by atoms with Gasteiger partial charge in [-0.05, 0) is 38.8 Å². The molecule has 86 valence electrons. The summed E-state index contributed by atoms with van der Waals surface area (Å²) in [7, 11) is 0. The van der Waals surface area contributed by atoms with Crippen LogP contribution in [-0.2, 0) is 0 Å². The number of halogens is 2. The molecule has 1 aromatic rings. The van der Waals surface area contributed by atoms with Crippen LogP contribution in [0.25, 0.3) is 0 Å². The molecule has 1 rings (SSSR count). The lowest BCUT2D eigenvalue weighted by Crippen LogP contribution is -2.00. The number of benzene rings is 1. The lowest BCUT2D eigenvalue weighted by Gasteiger charge is -2.06. The van der Waals surface area contributed by atoms with Crippen LogP contribution >= 0.6 is 31.9 Å². The van der Waals surface area contributed by atoms with E-state index in [9.17, 15) is 25.3 Å². The van der Waals surface area contributed by atoms with Crippen molar-refractivity contribution < 1.29 is 15.0 Å². The van der Waals surface area contributed by atoms with Gasteiger partial charge in [-0.3, -0.25) is 20.2 Å². The molecule has 9 heteroatoms. The molecule has 0 fully saturated rings. The van der Waals surface area contributed by atoms with E-state index in [4.69, 9.17) is 0 Å². The van der Waals surface area contributed by atoms with Gasteiger partial charge in [-0.2, -0.15) is 0 Å². The van der Waals surface area contributed by atoms with Crippen molar-refractivity contribution in [3.63, 3.8) is 0 Å². The first-order valence-corrected chi connectivity index (χ1v) is 5.37. The number of aromatic hydroxyl groups is 1. The minimum Gasteiger partial charge on any atom is -0.501 e. The van der Waals surface area contributed by atoms with Gasteiger partial charge in [0, 0.05) is 10.0 Å². The first-order chi connectivity index (χ1) is 7.29. The van der Waals surface area contributed by atoms with Gasteiger partial charge in [0.2, 0.25) is 5.75 Å². The van der Waals surface area contributed by atoms with E-state index in [0.717, 1.165) is 0 Å². The molecular weight excluding hydrogens is 352 g/mol. The zero-order chi connectivity index (χ0) is 12.6. The Bertz CT molecular complexity index is 457. The summed E-state index contributed by atoms with van der Waals surface area (Å²) in [5, 5.41) is 30.9. The third-order valence-electron chi connectivity index (χ3n) is 1.90. The van der Waals surface area contributed by atoms with Crippen LogP contribution in [-0.4, -0.2) is 15.0 Å². The van der Waals surface area contributed by atoms with E-state index in [-0.39, 0.29) is 14.5 Å². The summed E-state index contributed by atoms with van der Waals surface area (Å²) < 4.78 is 0.226. The summed E-state index contributed by atoms with van der Waals surface area (Å²) in [4.78, 5) is 19.5. The number of hydrogen-bond acceptors (Lipinski definition) is 5. The summed E-state index contributed by atoms with van der Waals surface area (Å²) in [6.45, 7) is 1.35. The Balaban J connectivity index is 3.83. The fourth-order valence-electron chi connectivity index (χ4n) is 1.16. The maximum absolute atomic E-state index is 10.7. The summed E-state index contributed by atoms with van der Waals surface area (Å²) in [6, 6.07) is 0. The van der Waals surface area contributed by atoms with Gasteiger partial charge in [0.25, 0.3) is 0 Å². The minimum absolute atomic E-state index is 0.0160. The molecule has 0 unspecified atom stereocenters. The molecule has 1 N–H and O–H groups in total. The van der Waals surface area contributed by atoms with E-state index in [1.54, 1.807) is 0 Å². The summed E-state index contributed by atoms with van der Waals surface area (Å²) in [5.41, 5.74) is -1.57. The number of phenols is 1. The Morgan fingerprint density at radius 3 is 1.88 bits per heavy atom. The van der Waals surface area contributed by atoms with Gasteiger partial charge in [0.1, 0.15) is 0 Å². The summed E-state index contributed by atoms with van der Waals surface area (Å²) >= 11 is 5.91. The van der Waals surface area contributed by atoms with E-state index >= 15 is 0 Å². The van der Waals surface area contributed by atoms with Crippen LogP contribution in [0.15, 0.2) is 8.95 Å². The van der Waals surface area contributed by atoms with Crippen molar-refractivity contribution in [2.75, 3.05) is 0 Å². The van der Waals surface area contributed by atoms with Crippen LogP contribution in [0.4, 0.5) is 11.4 Å². The van der Waals surface area contributed by atoms with Gasteiger partial charge in [0.15, 0.2) is 0 Å². The SMILES string of the molecule is Cc1c(Br)c(Br)c(O)c([N+](=O)[O-])c1[N+](=O)[O-]. The predicted octanol–water partition coefficient (Wildman–Crippen LogP) is 3.04. The summed E-state index contributed by atoms with van der Waals surface area (Å²) in [5.74, 6) is -0.769. The van der Waals surface area contributed by atoms with Crippen molar-refractivity contribution in [3.05, 3.63) is 34.7 Å². The maximum Gasteiger partial charge on any atom is 0.388 e. The van der Waals surface area contributed by atoms with Crippen molar-refractivity contribution in [1.29, 1.82) is 0 Å². The van der Waals surface area contributed by atoms with Crippen LogP contribution in [0.5, 0.6) is 5.75 Å². The van der Waals surface area contributed by atoms with Gasteiger partial charge in [-0.1, -0.05) is 0 Å². The Labute approximate surface area is 106 Å². The molecule has 0 amide bonds. The molecule has 0 atom stereocenters. The van der Waals surface area contributed by atoms with Crippen LogP contribution in [0.1, 0.15) is 5.56 Å². The molecule has 0 radical (unpaired) electrons. The maximum atomic E-state index is 10.7. The van der Waals surface area contributed by atoms with E-state index in [0.29, 0.717) is 0 Å². The van der Waals surface area contributed by atoms with Gasteiger partial charge in [-0.15, -0.1) is 0 Å². The topological polar surface area (TPSA) is 107 Å². The molecule has 0 aromatic heterocycles. The number of phenolic OH excluding ortho intramolecular Hbond substituents is 1. The standard InChI is InChI=1S/C7H4Br2N2O5/c1-2-3(8)4(9)7(12)6(11(15)16)5(2)10(13)14/h12H,1H3. The Morgan fingerprint density at radius 1 is 1.06 bits per heavy atom. The Morgan fingerprint density at radius 2 is 1.50 bits per heavy atom.